The monoisotopic (exact) mass is 334 g/mol. The van der Waals surface area contributed by atoms with Gasteiger partial charge in [-0.2, -0.15) is 0 Å². The number of benzene rings is 2. The second kappa shape index (κ2) is 8.43. The minimum Gasteiger partial charge on any atom is -0.426 e. The summed E-state index contributed by atoms with van der Waals surface area (Å²) in [7, 11) is 0. The SMILES string of the molecule is CCC(OC(=O)OC(CC)c1ccccc1F)c1ccccc1F. The van der Waals surface area contributed by atoms with E-state index in [4.69, 9.17) is 9.47 Å². The number of carbonyl (C=O) groups excluding carboxylic acids is 1. The lowest BCUT2D eigenvalue weighted by Gasteiger charge is -2.20. The van der Waals surface area contributed by atoms with Gasteiger partial charge in [-0.1, -0.05) is 50.2 Å². The highest BCUT2D eigenvalue weighted by molar-refractivity contribution is 5.61. The molecule has 0 fully saturated rings. The topological polar surface area (TPSA) is 35.5 Å². The first-order chi connectivity index (χ1) is 11.6. The summed E-state index contributed by atoms with van der Waals surface area (Å²) in [5, 5.41) is 0. The Balaban J connectivity index is 2.08. The minimum atomic E-state index is -0.944. The Morgan fingerprint density at radius 1 is 0.833 bits per heavy atom. The first-order valence-corrected chi connectivity index (χ1v) is 7.92. The molecule has 3 nitrogen and oxygen atoms in total. The first-order valence-electron chi connectivity index (χ1n) is 7.92. The van der Waals surface area contributed by atoms with Crippen LogP contribution in [0.3, 0.4) is 0 Å². The van der Waals surface area contributed by atoms with Crippen LogP contribution in [0, 0.1) is 11.6 Å². The van der Waals surface area contributed by atoms with Crippen molar-refractivity contribution < 1.29 is 23.0 Å². The van der Waals surface area contributed by atoms with Gasteiger partial charge in [0.05, 0.1) is 0 Å². The number of ether oxygens (including phenoxy) is 2. The van der Waals surface area contributed by atoms with E-state index in [1.807, 2.05) is 0 Å². The highest BCUT2D eigenvalue weighted by atomic mass is 19.1. The minimum absolute atomic E-state index is 0.288. The van der Waals surface area contributed by atoms with E-state index >= 15 is 0 Å². The van der Waals surface area contributed by atoms with Crippen molar-refractivity contribution in [2.45, 2.75) is 38.9 Å². The zero-order chi connectivity index (χ0) is 17.5. The van der Waals surface area contributed by atoms with Crippen molar-refractivity contribution in [1.29, 1.82) is 0 Å². The molecule has 0 bridgehead atoms. The number of carbonyl (C=O) groups is 1. The molecule has 5 heteroatoms. The molecule has 24 heavy (non-hydrogen) atoms. The summed E-state index contributed by atoms with van der Waals surface area (Å²) in [4.78, 5) is 12.1. The van der Waals surface area contributed by atoms with Crippen LogP contribution >= 0.6 is 0 Å². The van der Waals surface area contributed by atoms with Crippen LogP contribution < -0.4 is 0 Å². The molecule has 0 aliphatic carbocycles. The second-order valence-electron chi connectivity index (χ2n) is 5.32. The van der Waals surface area contributed by atoms with Crippen LogP contribution in [0.15, 0.2) is 48.5 Å². The van der Waals surface area contributed by atoms with E-state index < -0.39 is 30.0 Å². The van der Waals surface area contributed by atoms with E-state index in [9.17, 15) is 13.6 Å². The van der Waals surface area contributed by atoms with Gasteiger partial charge in [0.25, 0.3) is 0 Å². The molecule has 2 unspecified atom stereocenters. The molecule has 2 atom stereocenters. The molecule has 0 aliphatic heterocycles. The quantitative estimate of drug-likeness (QED) is 0.634. The molecule has 2 rings (SSSR count). The highest BCUT2D eigenvalue weighted by Gasteiger charge is 2.23. The molecule has 0 heterocycles. The molecule has 0 aliphatic rings. The Labute approximate surface area is 140 Å². The van der Waals surface area contributed by atoms with E-state index in [0.717, 1.165) is 0 Å². The van der Waals surface area contributed by atoms with Gasteiger partial charge >= 0.3 is 6.16 Å². The highest BCUT2D eigenvalue weighted by Crippen LogP contribution is 2.28. The Morgan fingerprint density at radius 3 is 1.54 bits per heavy atom. The summed E-state index contributed by atoms with van der Waals surface area (Å²) in [6, 6.07) is 12.2. The van der Waals surface area contributed by atoms with E-state index in [1.165, 1.54) is 12.1 Å². The largest absolute Gasteiger partial charge is 0.509 e. The zero-order valence-electron chi connectivity index (χ0n) is 13.7. The van der Waals surface area contributed by atoms with Crippen LogP contribution in [0.25, 0.3) is 0 Å². The van der Waals surface area contributed by atoms with Crippen molar-refractivity contribution in [1.82, 2.24) is 0 Å². The first kappa shape index (κ1) is 17.9. The predicted molar refractivity (Wildman–Crippen MR) is 86.4 cm³/mol. The van der Waals surface area contributed by atoms with Crippen LogP contribution in [0.4, 0.5) is 13.6 Å². The summed E-state index contributed by atoms with van der Waals surface area (Å²) in [5.41, 5.74) is 0.576. The van der Waals surface area contributed by atoms with Gasteiger partial charge in [0.15, 0.2) is 0 Å². The molecule has 0 saturated carbocycles. The van der Waals surface area contributed by atoms with Gasteiger partial charge in [-0.25, -0.2) is 13.6 Å². The molecule has 2 aromatic carbocycles. The average molecular weight is 334 g/mol. The van der Waals surface area contributed by atoms with E-state index in [0.29, 0.717) is 12.8 Å². The summed E-state index contributed by atoms with van der Waals surface area (Å²) in [5.74, 6) is -0.892. The lowest BCUT2D eigenvalue weighted by molar-refractivity contribution is -0.00672. The van der Waals surface area contributed by atoms with Crippen molar-refractivity contribution in [3.05, 3.63) is 71.3 Å². The third-order valence-corrected chi connectivity index (χ3v) is 3.72. The smallest absolute Gasteiger partial charge is 0.426 e. The Hall–Kier alpha value is -2.43. The third-order valence-electron chi connectivity index (χ3n) is 3.72. The fraction of sp³-hybridized carbons (Fsp3) is 0.316. The number of halogens is 2. The van der Waals surface area contributed by atoms with Crippen molar-refractivity contribution in [3.8, 4) is 0 Å². The Morgan fingerprint density at radius 2 is 1.21 bits per heavy atom. The van der Waals surface area contributed by atoms with Crippen LogP contribution in [-0.2, 0) is 9.47 Å². The van der Waals surface area contributed by atoms with Gasteiger partial charge in [-0.15, -0.1) is 0 Å². The summed E-state index contributed by atoms with van der Waals surface area (Å²) in [6.07, 6.45) is -1.66. The Kier molecular flexibility index (Phi) is 6.29. The fourth-order valence-electron chi connectivity index (χ4n) is 2.47. The number of rotatable bonds is 6. The molecule has 2 aromatic rings. The molecule has 0 saturated heterocycles. The van der Waals surface area contributed by atoms with Gasteiger partial charge in [-0.05, 0) is 25.0 Å². The zero-order valence-corrected chi connectivity index (χ0v) is 13.7. The molecule has 0 radical (unpaired) electrons. The van der Waals surface area contributed by atoms with Crippen LogP contribution in [-0.4, -0.2) is 6.16 Å². The lowest BCUT2D eigenvalue weighted by atomic mass is 10.1. The lowest BCUT2D eigenvalue weighted by Crippen LogP contribution is -2.17. The predicted octanol–water partition coefficient (Wildman–Crippen LogP) is 5.72. The maximum Gasteiger partial charge on any atom is 0.509 e. The van der Waals surface area contributed by atoms with Gasteiger partial charge in [0.2, 0.25) is 0 Å². The van der Waals surface area contributed by atoms with Crippen molar-refractivity contribution >= 4 is 6.16 Å². The molecule has 0 aromatic heterocycles. The van der Waals surface area contributed by atoms with Crippen LogP contribution in [0.2, 0.25) is 0 Å². The van der Waals surface area contributed by atoms with E-state index in [-0.39, 0.29) is 11.1 Å². The molecule has 0 amide bonds. The van der Waals surface area contributed by atoms with E-state index in [1.54, 1.807) is 50.2 Å². The third kappa shape index (κ3) is 4.31. The molecule has 0 N–H and O–H groups in total. The summed E-state index contributed by atoms with van der Waals surface area (Å²) >= 11 is 0. The van der Waals surface area contributed by atoms with Gasteiger partial charge in [-0.3, -0.25) is 0 Å². The standard InChI is InChI=1S/C19H20F2O3/c1-3-17(13-9-5-7-11-15(13)20)23-19(22)24-18(4-2)14-10-6-8-12-16(14)21/h5-12,17-18H,3-4H2,1-2H3. The maximum atomic E-state index is 13.8. The average Bonchev–Trinajstić information content (AvgIpc) is 2.59. The van der Waals surface area contributed by atoms with Crippen molar-refractivity contribution in [2.75, 3.05) is 0 Å². The van der Waals surface area contributed by atoms with Crippen molar-refractivity contribution in [3.63, 3.8) is 0 Å². The maximum absolute atomic E-state index is 13.8. The molecular formula is C19H20F2O3. The fourth-order valence-corrected chi connectivity index (χ4v) is 2.47. The summed E-state index contributed by atoms with van der Waals surface area (Å²) < 4.78 is 38.2. The molecule has 0 spiro atoms. The van der Waals surface area contributed by atoms with Crippen LogP contribution in [0.1, 0.15) is 50.0 Å². The second-order valence-corrected chi connectivity index (χ2v) is 5.32. The van der Waals surface area contributed by atoms with Gasteiger partial charge in [0.1, 0.15) is 23.8 Å². The molecular weight excluding hydrogens is 314 g/mol. The van der Waals surface area contributed by atoms with Crippen LogP contribution in [0.5, 0.6) is 0 Å². The number of hydrogen-bond acceptors (Lipinski definition) is 3. The Bertz CT molecular complexity index is 630. The molecule has 128 valence electrons. The van der Waals surface area contributed by atoms with E-state index in [2.05, 4.69) is 0 Å². The normalized spacial score (nSPS) is 13.2. The summed E-state index contributed by atoms with van der Waals surface area (Å²) in [6.45, 7) is 3.55. The van der Waals surface area contributed by atoms with Gasteiger partial charge in [0, 0.05) is 11.1 Å². The van der Waals surface area contributed by atoms with Gasteiger partial charge < -0.3 is 9.47 Å². The number of hydrogen-bond donors (Lipinski definition) is 0. The van der Waals surface area contributed by atoms with Crippen molar-refractivity contribution in [2.24, 2.45) is 0 Å².